The molecule has 4 aliphatic rings. The van der Waals surface area contributed by atoms with Crippen molar-refractivity contribution in [3.05, 3.63) is 0 Å². The molecule has 4 saturated carbocycles. The predicted molar refractivity (Wildman–Crippen MR) is 136 cm³/mol. The van der Waals surface area contributed by atoms with E-state index in [0.717, 1.165) is 36.2 Å². The van der Waals surface area contributed by atoms with Crippen molar-refractivity contribution < 1.29 is 4.74 Å². The second kappa shape index (κ2) is 12.8. The lowest BCUT2D eigenvalue weighted by atomic mass is 9.65. The van der Waals surface area contributed by atoms with E-state index in [9.17, 15) is 0 Å². The van der Waals surface area contributed by atoms with Crippen LogP contribution in [0.3, 0.4) is 0 Å². The van der Waals surface area contributed by atoms with Crippen LogP contribution < -0.4 is 0 Å². The highest BCUT2D eigenvalue weighted by Crippen LogP contribution is 2.46. The van der Waals surface area contributed by atoms with Gasteiger partial charge in [0, 0.05) is 18.4 Å². The summed E-state index contributed by atoms with van der Waals surface area (Å²) in [5.41, 5.74) is 0. The molecule has 0 N–H and O–H groups in total. The van der Waals surface area contributed by atoms with Gasteiger partial charge in [0.05, 0.1) is 6.10 Å². The summed E-state index contributed by atoms with van der Waals surface area (Å²) in [7, 11) is 0. The summed E-state index contributed by atoms with van der Waals surface area (Å²) < 4.78 is 5.80. The van der Waals surface area contributed by atoms with E-state index in [1.165, 1.54) is 77.0 Å². The minimum atomic E-state index is 0.514. The Balaban J connectivity index is 1.12. The van der Waals surface area contributed by atoms with Crippen LogP contribution in [0.5, 0.6) is 0 Å². The van der Waals surface area contributed by atoms with Gasteiger partial charge in [-0.2, -0.15) is 0 Å². The van der Waals surface area contributed by atoms with Gasteiger partial charge in [0.1, 0.15) is 0 Å². The molecule has 1 nitrogen and oxygen atoms in total. The van der Waals surface area contributed by atoms with Crippen LogP contribution >= 0.6 is 0 Å². The summed E-state index contributed by atoms with van der Waals surface area (Å²) in [6.45, 7) is 5.35. The fraction of sp³-hybridized carbons (Fsp3) is 0.935. The molecule has 4 rings (SSSR count). The van der Waals surface area contributed by atoms with E-state index in [0.29, 0.717) is 17.9 Å². The monoisotopic (exact) mass is 440 g/mol. The maximum atomic E-state index is 5.80. The molecule has 1 heteroatoms. The first-order valence-corrected chi connectivity index (χ1v) is 14.9. The summed E-state index contributed by atoms with van der Waals surface area (Å²) in [6, 6.07) is 0. The molecule has 0 aromatic heterocycles. The van der Waals surface area contributed by atoms with Gasteiger partial charge in [0.25, 0.3) is 0 Å². The fourth-order valence-corrected chi connectivity index (χ4v) is 8.02. The van der Waals surface area contributed by atoms with Crippen molar-refractivity contribution in [2.75, 3.05) is 6.61 Å². The van der Waals surface area contributed by atoms with Crippen LogP contribution in [-0.4, -0.2) is 12.7 Å². The molecule has 182 valence electrons. The van der Waals surface area contributed by atoms with Crippen molar-refractivity contribution in [3.63, 3.8) is 0 Å². The Morgan fingerprint density at radius 1 is 0.531 bits per heavy atom. The van der Waals surface area contributed by atoms with E-state index in [4.69, 9.17) is 4.74 Å². The van der Waals surface area contributed by atoms with Gasteiger partial charge in [-0.15, -0.1) is 0 Å². The molecule has 4 fully saturated rings. The molecule has 0 unspecified atom stereocenters. The predicted octanol–water partition coefficient (Wildman–Crippen LogP) is 8.80. The number of rotatable bonds is 6. The molecule has 0 spiro atoms. The van der Waals surface area contributed by atoms with Gasteiger partial charge in [-0.25, -0.2) is 0 Å². The lowest BCUT2D eigenvalue weighted by Crippen LogP contribution is -2.29. The maximum Gasteiger partial charge on any atom is 0.0575 e. The smallest absolute Gasteiger partial charge is 0.0575 e. The van der Waals surface area contributed by atoms with E-state index in [-0.39, 0.29) is 0 Å². The van der Waals surface area contributed by atoms with Crippen LogP contribution in [0.4, 0.5) is 0 Å². The minimum absolute atomic E-state index is 0.514. The molecule has 0 saturated heterocycles. The zero-order chi connectivity index (χ0) is 22.2. The summed E-state index contributed by atoms with van der Waals surface area (Å²) in [4.78, 5) is 0. The van der Waals surface area contributed by atoms with Crippen LogP contribution in [0.25, 0.3) is 0 Å². The van der Waals surface area contributed by atoms with Crippen molar-refractivity contribution in [1.82, 2.24) is 0 Å². The lowest BCUT2D eigenvalue weighted by molar-refractivity contribution is 0.0310. The highest BCUT2D eigenvalue weighted by Gasteiger charge is 2.34. The van der Waals surface area contributed by atoms with E-state index < -0.39 is 0 Å². The Morgan fingerprint density at radius 3 is 1.38 bits per heavy atom. The topological polar surface area (TPSA) is 9.23 Å². The molecule has 0 aliphatic heterocycles. The second-order valence-electron chi connectivity index (χ2n) is 12.1. The number of hydrogen-bond donors (Lipinski definition) is 0. The second-order valence-corrected chi connectivity index (χ2v) is 12.1. The standard InChI is InChI=1S/C31H52O/c1-3-5-24-8-14-27(15-9-24)29-18-20-30(21-19-29)28-16-10-25(11-17-28)6-7-26-12-22-31(23-13-26)32-4-2/h24-31H,3-5,8-23H2,1-2H3. The van der Waals surface area contributed by atoms with E-state index in [1.807, 2.05) is 0 Å². The lowest BCUT2D eigenvalue weighted by Gasteiger charge is -2.41. The molecule has 4 aliphatic carbocycles. The average Bonchev–Trinajstić information content (AvgIpc) is 2.85. The summed E-state index contributed by atoms with van der Waals surface area (Å²) in [6.07, 6.45) is 26.4. The number of ether oxygens (including phenoxy) is 1. The third-order valence-electron chi connectivity index (χ3n) is 10.1. The zero-order valence-corrected chi connectivity index (χ0v) is 21.5. The van der Waals surface area contributed by atoms with Gasteiger partial charge in [0.2, 0.25) is 0 Å². The third-order valence-corrected chi connectivity index (χ3v) is 10.1. The first-order valence-electron chi connectivity index (χ1n) is 14.9. The molecule has 0 aromatic carbocycles. The summed E-state index contributed by atoms with van der Waals surface area (Å²) in [5, 5.41) is 0. The van der Waals surface area contributed by atoms with Gasteiger partial charge in [-0.05, 0) is 126 Å². The third kappa shape index (κ3) is 7.01. The van der Waals surface area contributed by atoms with Crippen LogP contribution in [0.15, 0.2) is 0 Å². The summed E-state index contributed by atoms with van der Waals surface area (Å²) in [5.74, 6) is 14.1. The van der Waals surface area contributed by atoms with Gasteiger partial charge < -0.3 is 4.74 Å². The van der Waals surface area contributed by atoms with Crippen molar-refractivity contribution in [2.24, 2.45) is 41.4 Å². The Hall–Kier alpha value is -0.480. The molecule has 0 atom stereocenters. The molecular weight excluding hydrogens is 388 g/mol. The largest absolute Gasteiger partial charge is 0.379 e. The first-order chi connectivity index (χ1) is 15.7. The van der Waals surface area contributed by atoms with E-state index in [2.05, 4.69) is 25.7 Å². The Bertz CT molecular complexity index is 567. The highest BCUT2D eigenvalue weighted by molar-refractivity contribution is 5.09. The molecule has 0 aromatic rings. The van der Waals surface area contributed by atoms with Crippen molar-refractivity contribution in [3.8, 4) is 11.8 Å². The average molecular weight is 441 g/mol. The SMILES string of the molecule is CCCC1CCC(C2CCC(C3CCC(C#CC4CCC(OCC)CC4)CC3)CC2)CC1. The minimum Gasteiger partial charge on any atom is -0.379 e. The molecule has 0 heterocycles. The quantitative estimate of drug-likeness (QED) is 0.375. The van der Waals surface area contributed by atoms with Gasteiger partial charge in [0.15, 0.2) is 0 Å². The maximum absolute atomic E-state index is 5.80. The van der Waals surface area contributed by atoms with Crippen LogP contribution in [-0.2, 0) is 4.74 Å². The van der Waals surface area contributed by atoms with Gasteiger partial charge in [-0.3, -0.25) is 0 Å². The molecule has 0 amide bonds. The fourth-order valence-electron chi connectivity index (χ4n) is 8.02. The van der Waals surface area contributed by atoms with Crippen molar-refractivity contribution >= 4 is 0 Å². The molecule has 0 bridgehead atoms. The Labute approximate surface area is 200 Å². The van der Waals surface area contributed by atoms with Crippen LogP contribution in [0.2, 0.25) is 0 Å². The van der Waals surface area contributed by atoms with Crippen molar-refractivity contribution in [2.45, 2.75) is 136 Å². The van der Waals surface area contributed by atoms with Gasteiger partial charge in [-0.1, -0.05) is 44.4 Å². The zero-order valence-electron chi connectivity index (χ0n) is 21.5. The molecule has 32 heavy (non-hydrogen) atoms. The Kier molecular flexibility index (Phi) is 9.88. The van der Waals surface area contributed by atoms with Crippen LogP contribution in [0.1, 0.15) is 129 Å². The first kappa shape index (κ1) is 24.6. The molecule has 0 radical (unpaired) electrons. The summed E-state index contributed by atoms with van der Waals surface area (Å²) >= 11 is 0. The van der Waals surface area contributed by atoms with Crippen molar-refractivity contribution in [1.29, 1.82) is 0 Å². The van der Waals surface area contributed by atoms with E-state index in [1.54, 1.807) is 38.5 Å². The normalized spacial score (nSPS) is 40.9. The Morgan fingerprint density at radius 2 is 0.938 bits per heavy atom. The highest BCUT2D eigenvalue weighted by atomic mass is 16.5. The van der Waals surface area contributed by atoms with E-state index >= 15 is 0 Å². The number of hydrogen-bond acceptors (Lipinski definition) is 1. The van der Waals surface area contributed by atoms with Gasteiger partial charge >= 0.3 is 0 Å². The molecular formula is C31H52O. The van der Waals surface area contributed by atoms with Crippen LogP contribution in [0, 0.1) is 53.3 Å².